The first kappa shape index (κ1) is 17.4. The fourth-order valence-corrected chi connectivity index (χ4v) is 3.30. The van der Waals surface area contributed by atoms with Crippen molar-refractivity contribution < 1.29 is 18.9 Å². The Hall–Kier alpha value is -2.39. The molecule has 0 bridgehead atoms. The Labute approximate surface area is 147 Å². The zero-order valence-electron chi connectivity index (χ0n) is 14.0. The monoisotopic (exact) mass is 354 g/mol. The summed E-state index contributed by atoms with van der Waals surface area (Å²) in [5.74, 6) is 0.167. The molecule has 0 aliphatic heterocycles. The van der Waals surface area contributed by atoms with Crippen molar-refractivity contribution in [1.82, 2.24) is 0 Å². The molecule has 0 aliphatic carbocycles. The van der Waals surface area contributed by atoms with E-state index in [1.807, 2.05) is 74.5 Å². The van der Waals surface area contributed by atoms with Gasteiger partial charge in [-0.15, -0.1) is 0 Å². The van der Waals surface area contributed by atoms with Crippen molar-refractivity contribution >= 4 is 7.82 Å². The van der Waals surface area contributed by atoms with Crippen LogP contribution in [-0.2, 0) is 4.57 Å². The Morgan fingerprint density at radius 2 is 1.32 bits per heavy atom. The highest BCUT2D eigenvalue weighted by molar-refractivity contribution is 7.46. The van der Waals surface area contributed by atoms with Crippen LogP contribution in [0.25, 0.3) is 22.3 Å². The normalized spacial score (nSPS) is 11.4. The van der Waals surface area contributed by atoms with Crippen LogP contribution in [0.2, 0.25) is 0 Å². The zero-order valence-corrected chi connectivity index (χ0v) is 14.9. The van der Waals surface area contributed by atoms with Gasteiger partial charge in [-0.05, 0) is 53.8 Å². The quantitative estimate of drug-likeness (QED) is 0.639. The van der Waals surface area contributed by atoms with Crippen LogP contribution >= 0.6 is 7.82 Å². The first-order valence-corrected chi connectivity index (χ1v) is 9.39. The fraction of sp³-hybridized carbons (Fsp3) is 0.100. The highest BCUT2D eigenvalue weighted by Gasteiger charge is 2.20. The highest BCUT2D eigenvalue weighted by Crippen LogP contribution is 2.44. The van der Waals surface area contributed by atoms with Crippen LogP contribution in [0.3, 0.4) is 0 Å². The van der Waals surface area contributed by atoms with Crippen molar-refractivity contribution in [2.24, 2.45) is 0 Å². The summed E-state index contributed by atoms with van der Waals surface area (Å²) in [6.45, 7) is 3.99. The van der Waals surface area contributed by atoms with E-state index < -0.39 is 7.82 Å². The molecule has 0 amide bonds. The van der Waals surface area contributed by atoms with Crippen LogP contribution in [0.15, 0.2) is 66.7 Å². The zero-order chi connectivity index (χ0) is 18.0. The summed E-state index contributed by atoms with van der Waals surface area (Å²) >= 11 is 0. The molecule has 0 radical (unpaired) electrons. The predicted octanol–water partition coefficient (Wildman–Crippen LogP) is 5.11. The van der Waals surface area contributed by atoms with E-state index in [4.69, 9.17) is 4.52 Å². The third kappa shape index (κ3) is 3.99. The van der Waals surface area contributed by atoms with Gasteiger partial charge in [-0.3, -0.25) is 9.79 Å². The lowest BCUT2D eigenvalue weighted by Crippen LogP contribution is -1.95. The molecular weight excluding hydrogens is 335 g/mol. The van der Waals surface area contributed by atoms with Gasteiger partial charge in [0, 0.05) is 5.56 Å². The molecule has 0 aromatic heterocycles. The number of phosphoric ester groups is 1. The second-order valence-electron chi connectivity index (χ2n) is 5.92. The molecule has 0 aliphatic rings. The molecule has 0 unspecified atom stereocenters. The van der Waals surface area contributed by atoms with E-state index in [2.05, 4.69) is 0 Å². The van der Waals surface area contributed by atoms with Crippen LogP contribution in [-0.4, -0.2) is 9.79 Å². The Balaban J connectivity index is 2.21. The van der Waals surface area contributed by atoms with Crippen molar-refractivity contribution in [2.75, 3.05) is 0 Å². The van der Waals surface area contributed by atoms with Crippen LogP contribution in [0.4, 0.5) is 0 Å². The van der Waals surface area contributed by atoms with Gasteiger partial charge in [0.2, 0.25) is 0 Å². The van der Waals surface area contributed by atoms with Gasteiger partial charge in [0.05, 0.1) is 0 Å². The molecule has 5 heteroatoms. The number of phosphoric acid groups is 1. The molecule has 0 saturated heterocycles. The molecule has 4 nitrogen and oxygen atoms in total. The maximum absolute atomic E-state index is 11.4. The minimum atomic E-state index is -4.65. The number of hydrogen-bond donors (Lipinski definition) is 2. The third-order valence-electron chi connectivity index (χ3n) is 4.09. The summed E-state index contributed by atoms with van der Waals surface area (Å²) in [5, 5.41) is 0. The van der Waals surface area contributed by atoms with Crippen LogP contribution < -0.4 is 4.52 Å². The topological polar surface area (TPSA) is 66.8 Å². The van der Waals surface area contributed by atoms with Crippen molar-refractivity contribution in [1.29, 1.82) is 0 Å². The molecule has 25 heavy (non-hydrogen) atoms. The SMILES string of the molecule is Cc1ccccc1-c1ccc(OP(=O)(O)O)c(-c2ccccc2C)c1. The average molecular weight is 354 g/mol. The third-order valence-corrected chi connectivity index (χ3v) is 4.52. The molecule has 0 spiro atoms. The molecule has 0 saturated carbocycles. The maximum Gasteiger partial charge on any atom is 0.524 e. The van der Waals surface area contributed by atoms with Crippen molar-refractivity contribution in [2.45, 2.75) is 13.8 Å². The minimum absolute atomic E-state index is 0.167. The summed E-state index contributed by atoms with van der Waals surface area (Å²) in [5.41, 5.74) is 5.69. The molecule has 128 valence electrons. The minimum Gasteiger partial charge on any atom is -0.404 e. The Kier molecular flexibility index (Phi) is 4.78. The van der Waals surface area contributed by atoms with Gasteiger partial charge in [-0.1, -0.05) is 54.6 Å². The Bertz CT molecular complexity index is 959. The van der Waals surface area contributed by atoms with Gasteiger partial charge in [-0.25, -0.2) is 4.57 Å². The largest absolute Gasteiger partial charge is 0.524 e. The van der Waals surface area contributed by atoms with Gasteiger partial charge >= 0.3 is 7.82 Å². The van der Waals surface area contributed by atoms with Crippen LogP contribution in [0.5, 0.6) is 5.75 Å². The van der Waals surface area contributed by atoms with E-state index in [9.17, 15) is 14.4 Å². The first-order valence-electron chi connectivity index (χ1n) is 7.86. The number of hydrogen-bond acceptors (Lipinski definition) is 2. The van der Waals surface area contributed by atoms with Gasteiger partial charge < -0.3 is 4.52 Å². The second kappa shape index (κ2) is 6.85. The molecule has 2 N–H and O–H groups in total. The smallest absolute Gasteiger partial charge is 0.404 e. The molecule has 0 fully saturated rings. The van der Waals surface area contributed by atoms with Crippen molar-refractivity contribution in [3.63, 3.8) is 0 Å². The average Bonchev–Trinajstić information content (AvgIpc) is 2.55. The fourth-order valence-electron chi connectivity index (χ4n) is 2.89. The van der Waals surface area contributed by atoms with E-state index in [0.29, 0.717) is 5.56 Å². The van der Waals surface area contributed by atoms with E-state index in [0.717, 1.165) is 27.8 Å². The summed E-state index contributed by atoms with van der Waals surface area (Å²) < 4.78 is 16.3. The van der Waals surface area contributed by atoms with Gasteiger partial charge in [0.1, 0.15) is 5.75 Å². The summed E-state index contributed by atoms with van der Waals surface area (Å²) in [7, 11) is -4.65. The Morgan fingerprint density at radius 1 is 0.760 bits per heavy atom. The van der Waals surface area contributed by atoms with E-state index in [-0.39, 0.29) is 5.75 Å². The Morgan fingerprint density at radius 3 is 1.88 bits per heavy atom. The van der Waals surface area contributed by atoms with Crippen molar-refractivity contribution in [3.8, 4) is 28.0 Å². The van der Waals surface area contributed by atoms with E-state index >= 15 is 0 Å². The van der Waals surface area contributed by atoms with Crippen LogP contribution in [0, 0.1) is 13.8 Å². The lowest BCUT2D eigenvalue weighted by atomic mass is 9.94. The lowest BCUT2D eigenvalue weighted by Gasteiger charge is -2.16. The first-order chi connectivity index (χ1) is 11.8. The molecule has 0 atom stereocenters. The number of rotatable bonds is 4. The van der Waals surface area contributed by atoms with Crippen LogP contribution in [0.1, 0.15) is 11.1 Å². The summed E-state index contributed by atoms with van der Waals surface area (Å²) in [6.07, 6.45) is 0. The molecular formula is C20H19O4P. The van der Waals surface area contributed by atoms with E-state index in [1.54, 1.807) is 6.07 Å². The summed E-state index contributed by atoms with van der Waals surface area (Å²) in [4.78, 5) is 18.5. The molecule has 3 aromatic rings. The van der Waals surface area contributed by atoms with Gasteiger partial charge in [0.25, 0.3) is 0 Å². The summed E-state index contributed by atoms with van der Waals surface area (Å²) in [6, 6.07) is 21.0. The molecule has 3 aromatic carbocycles. The number of aryl methyl sites for hydroxylation is 2. The predicted molar refractivity (Wildman–Crippen MR) is 99.5 cm³/mol. The maximum atomic E-state index is 11.4. The number of benzene rings is 3. The van der Waals surface area contributed by atoms with Gasteiger partial charge in [-0.2, -0.15) is 0 Å². The second-order valence-corrected chi connectivity index (χ2v) is 7.09. The van der Waals surface area contributed by atoms with Crippen molar-refractivity contribution in [3.05, 3.63) is 77.9 Å². The highest BCUT2D eigenvalue weighted by atomic mass is 31.2. The molecule has 3 rings (SSSR count). The standard InChI is InChI=1S/C20H19O4P/c1-14-7-3-5-9-17(14)16-11-12-20(24-25(21,22)23)19(13-16)18-10-6-4-8-15(18)2/h3-13H,1-2H3,(H2,21,22,23). The van der Waals surface area contributed by atoms with E-state index in [1.165, 1.54) is 0 Å². The molecule has 0 heterocycles. The van der Waals surface area contributed by atoms with Gasteiger partial charge in [0.15, 0.2) is 0 Å². The lowest BCUT2D eigenvalue weighted by molar-refractivity contribution is 0.283.